The summed E-state index contributed by atoms with van der Waals surface area (Å²) in [5.41, 5.74) is -0.405. The molecule has 1 heterocycles. The van der Waals surface area contributed by atoms with Crippen LogP contribution < -0.4 is 5.32 Å². The van der Waals surface area contributed by atoms with Crippen molar-refractivity contribution in [3.63, 3.8) is 0 Å². The third kappa shape index (κ3) is 4.45. The third-order valence-corrected chi connectivity index (χ3v) is 4.81. The Balaban J connectivity index is 1.70. The number of nitrogens with one attached hydrogen (secondary N) is 1. The van der Waals surface area contributed by atoms with Crippen molar-refractivity contribution in [3.8, 4) is 0 Å². The highest BCUT2D eigenvalue weighted by molar-refractivity contribution is 6.22. The van der Waals surface area contributed by atoms with Gasteiger partial charge in [0.2, 0.25) is 0 Å². The molecule has 2 aromatic carbocycles. The number of nitrogens with zero attached hydrogens (tertiary/aromatic N) is 1. The molecule has 0 fully saturated rings. The molecule has 9 heteroatoms. The lowest BCUT2D eigenvalue weighted by molar-refractivity contribution is -0.123. The second-order valence-electron chi connectivity index (χ2n) is 7.01. The van der Waals surface area contributed by atoms with Crippen molar-refractivity contribution in [1.82, 2.24) is 4.90 Å². The van der Waals surface area contributed by atoms with Gasteiger partial charge in [-0.1, -0.05) is 19.4 Å². The van der Waals surface area contributed by atoms with E-state index in [0.29, 0.717) is 6.42 Å². The Morgan fingerprint density at radius 3 is 2.35 bits per heavy atom. The monoisotopic (exact) mass is 430 g/mol. The first-order valence-corrected chi connectivity index (χ1v) is 9.70. The largest absolute Gasteiger partial charge is 0.449 e. The zero-order chi connectivity index (χ0) is 22.7. The molecular weight excluding hydrogens is 410 g/mol. The van der Waals surface area contributed by atoms with Gasteiger partial charge in [0.1, 0.15) is 17.3 Å². The van der Waals surface area contributed by atoms with Crippen LogP contribution in [-0.2, 0) is 9.53 Å². The lowest BCUT2D eigenvalue weighted by Gasteiger charge is -2.14. The number of ether oxygens (including phenoxy) is 1. The molecule has 3 amide bonds. The highest BCUT2D eigenvalue weighted by Crippen LogP contribution is 2.25. The van der Waals surface area contributed by atoms with Gasteiger partial charge in [-0.25, -0.2) is 13.6 Å². The van der Waals surface area contributed by atoms with Gasteiger partial charge in [0.05, 0.1) is 16.7 Å². The van der Waals surface area contributed by atoms with Crippen molar-refractivity contribution in [2.75, 3.05) is 11.9 Å². The fourth-order valence-corrected chi connectivity index (χ4v) is 3.06. The Morgan fingerprint density at radius 1 is 1.06 bits per heavy atom. The Kier molecular flexibility index (Phi) is 6.43. The topological polar surface area (TPSA) is 92.8 Å². The van der Waals surface area contributed by atoms with Crippen LogP contribution in [0.15, 0.2) is 36.4 Å². The summed E-state index contributed by atoms with van der Waals surface area (Å²) in [5.74, 6) is -4.72. The molecule has 0 bridgehead atoms. The maximum absolute atomic E-state index is 13.7. The van der Waals surface area contributed by atoms with E-state index >= 15 is 0 Å². The number of carbonyl (C=O) groups is 4. The van der Waals surface area contributed by atoms with Crippen LogP contribution in [0.3, 0.4) is 0 Å². The van der Waals surface area contributed by atoms with Gasteiger partial charge < -0.3 is 10.1 Å². The zero-order valence-electron chi connectivity index (χ0n) is 16.9. The van der Waals surface area contributed by atoms with E-state index in [4.69, 9.17) is 4.74 Å². The summed E-state index contributed by atoms with van der Waals surface area (Å²) in [5, 5.41) is 2.04. The molecule has 0 radical (unpaired) electrons. The molecule has 0 saturated heterocycles. The summed E-state index contributed by atoms with van der Waals surface area (Å²) in [7, 11) is 0. The minimum absolute atomic E-state index is 0.0334. The molecule has 0 aromatic heterocycles. The van der Waals surface area contributed by atoms with Gasteiger partial charge in [0, 0.05) is 6.54 Å². The first-order valence-electron chi connectivity index (χ1n) is 9.70. The van der Waals surface area contributed by atoms with Gasteiger partial charge in [0.15, 0.2) is 6.10 Å². The van der Waals surface area contributed by atoms with Crippen LogP contribution in [-0.4, -0.2) is 41.2 Å². The number of anilines is 1. The lowest BCUT2D eigenvalue weighted by atomic mass is 10.1. The number of rotatable bonds is 7. The average molecular weight is 430 g/mol. The van der Waals surface area contributed by atoms with Gasteiger partial charge in [-0.3, -0.25) is 19.3 Å². The van der Waals surface area contributed by atoms with Crippen molar-refractivity contribution in [3.05, 3.63) is 64.7 Å². The van der Waals surface area contributed by atoms with E-state index in [9.17, 15) is 28.0 Å². The van der Waals surface area contributed by atoms with Crippen LogP contribution in [0.1, 0.15) is 57.8 Å². The summed E-state index contributed by atoms with van der Waals surface area (Å²) in [6.45, 7) is 3.46. The molecule has 1 aliphatic rings. The third-order valence-electron chi connectivity index (χ3n) is 4.81. The molecular formula is C22H20F2N2O5. The number of para-hydroxylation sites is 1. The zero-order valence-corrected chi connectivity index (χ0v) is 16.9. The van der Waals surface area contributed by atoms with Crippen LogP contribution >= 0.6 is 0 Å². The summed E-state index contributed by atoms with van der Waals surface area (Å²) in [6.07, 6.45) is 0.0928. The number of amides is 3. The highest BCUT2D eigenvalue weighted by atomic mass is 19.1. The summed E-state index contributed by atoms with van der Waals surface area (Å²) < 4.78 is 32.4. The van der Waals surface area contributed by atoms with Crippen molar-refractivity contribution in [2.45, 2.75) is 32.8 Å². The van der Waals surface area contributed by atoms with Crippen LogP contribution in [0.2, 0.25) is 0 Å². The molecule has 0 saturated carbocycles. The number of fused-ring (bicyclic) bond motifs is 1. The Hall–Kier alpha value is -3.62. The summed E-state index contributed by atoms with van der Waals surface area (Å²) in [4.78, 5) is 50.6. The van der Waals surface area contributed by atoms with Crippen molar-refractivity contribution < 1.29 is 32.7 Å². The second kappa shape index (κ2) is 9.03. The normalized spacial score (nSPS) is 13.7. The molecule has 0 spiro atoms. The van der Waals surface area contributed by atoms with Crippen LogP contribution in [0.5, 0.6) is 0 Å². The van der Waals surface area contributed by atoms with Crippen molar-refractivity contribution in [2.24, 2.45) is 0 Å². The van der Waals surface area contributed by atoms with Gasteiger partial charge in [0.25, 0.3) is 17.7 Å². The number of imide groups is 1. The second-order valence-corrected chi connectivity index (χ2v) is 7.01. The summed E-state index contributed by atoms with van der Waals surface area (Å²) in [6, 6.07) is 7.01. The van der Waals surface area contributed by atoms with Crippen LogP contribution in [0.4, 0.5) is 14.5 Å². The maximum Gasteiger partial charge on any atom is 0.338 e. The van der Waals surface area contributed by atoms with E-state index in [1.165, 1.54) is 25.1 Å². The van der Waals surface area contributed by atoms with Gasteiger partial charge >= 0.3 is 5.97 Å². The van der Waals surface area contributed by atoms with E-state index in [-0.39, 0.29) is 23.2 Å². The van der Waals surface area contributed by atoms with E-state index in [1.807, 2.05) is 12.2 Å². The predicted octanol–water partition coefficient (Wildman–Crippen LogP) is 3.54. The summed E-state index contributed by atoms with van der Waals surface area (Å²) >= 11 is 0. The first kappa shape index (κ1) is 22.1. The Labute approximate surface area is 177 Å². The maximum atomic E-state index is 13.7. The number of halogens is 2. The Morgan fingerprint density at radius 2 is 1.71 bits per heavy atom. The average Bonchev–Trinajstić information content (AvgIpc) is 2.98. The molecule has 1 aliphatic heterocycles. The molecule has 1 unspecified atom stereocenters. The number of unbranched alkanes of at least 4 members (excludes halogenated alkanes) is 1. The molecule has 1 N–H and O–H groups in total. The van der Waals surface area contributed by atoms with Gasteiger partial charge in [-0.05, 0) is 43.7 Å². The Bertz CT molecular complexity index is 1050. The predicted molar refractivity (Wildman–Crippen MR) is 107 cm³/mol. The minimum Gasteiger partial charge on any atom is -0.449 e. The first-order chi connectivity index (χ1) is 14.7. The fourth-order valence-electron chi connectivity index (χ4n) is 3.06. The number of hydrogen-bond donors (Lipinski definition) is 1. The smallest absolute Gasteiger partial charge is 0.338 e. The molecule has 2 aromatic rings. The van der Waals surface area contributed by atoms with E-state index in [0.717, 1.165) is 29.5 Å². The number of esters is 1. The lowest BCUT2D eigenvalue weighted by Crippen LogP contribution is -2.31. The molecule has 31 heavy (non-hydrogen) atoms. The van der Waals surface area contributed by atoms with E-state index in [2.05, 4.69) is 0 Å². The van der Waals surface area contributed by atoms with Crippen LogP contribution in [0, 0.1) is 11.6 Å². The van der Waals surface area contributed by atoms with Crippen molar-refractivity contribution >= 4 is 29.4 Å². The molecule has 162 valence electrons. The van der Waals surface area contributed by atoms with Crippen molar-refractivity contribution in [1.29, 1.82) is 0 Å². The number of benzene rings is 2. The standard InChI is InChI=1S/C22H20F2N2O5/c1-3-4-10-26-20(28)14-9-8-13(11-15(14)21(26)29)22(30)31-12(2)19(27)25-18-16(23)6-5-7-17(18)24/h5-9,11-12H,3-4,10H2,1-2H3,(H,25,27). The minimum atomic E-state index is -1.38. The number of carbonyl (C=O) groups excluding carboxylic acids is 4. The molecule has 1 atom stereocenters. The fraction of sp³-hybridized carbons (Fsp3) is 0.273. The van der Waals surface area contributed by atoms with Gasteiger partial charge in [-0.2, -0.15) is 0 Å². The molecule has 3 rings (SSSR count). The quantitative estimate of drug-likeness (QED) is 0.536. The van der Waals surface area contributed by atoms with E-state index < -0.39 is 47.1 Å². The van der Waals surface area contributed by atoms with Crippen LogP contribution in [0.25, 0.3) is 0 Å². The highest BCUT2D eigenvalue weighted by Gasteiger charge is 2.35. The molecule has 7 nitrogen and oxygen atoms in total. The SMILES string of the molecule is CCCCN1C(=O)c2ccc(C(=O)OC(C)C(=O)Nc3c(F)cccc3F)cc2C1=O. The molecule has 0 aliphatic carbocycles. The van der Waals surface area contributed by atoms with Gasteiger partial charge in [-0.15, -0.1) is 0 Å². The van der Waals surface area contributed by atoms with E-state index in [1.54, 1.807) is 0 Å². The number of hydrogen-bond acceptors (Lipinski definition) is 5.